The van der Waals surface area contributed by atoms with Crippen molar-refractivity contribution in [2.24, 2.45) is 0 Å². The molecule has 0 amide bonds. The molecule has 0 aliphatic rings. The van der Waals surface area contributed by atoms with Crippen molar-refractivity contribution in [3.05, 3.63) is 0 Å². The Morgan fingerprint density at radius 3 is 1.78 bits per heavy atom. The standard InChI is InChI=1S/C28H57O6PS/c1-6-10-12-14-15-16-17-18-20-22-25-36-27(23-21-19-13-11-7-2)26(5)33-34-28(29)35(30,31-9-4)32-24-8-3/h26-27H,6-25H2,1-5H3. The summed E-state index contributed by atoms with van der Waals surface area (Å²) in [5.74, 6) is 1.08. The molecule has 0 aromatic heterocycles. The Hall–Kier alpha value is -0.0700. The topological polar surface area (TPSA) is 71.1 Å². The van der Waals surface area contributed by atoms with Crippen molar-refractivity contribution in [2.75, 3.05) is 19.0 Å². The van der Waals surface area contributed by atoms with E-state index >= 15 is 0 Å². The van der Waals surface area contributed by atoms with E-state index in [1.54, 1.807) is 6.92 Å². The fraction of sp³-hybridized carbons (Fsp3) is 0.964. The summed E-state index contributed by atoms with van der Waals surface area (Å²) < 4.78 is 23.0. The number of hydrogen-bond donors (Lipinski definition) is 0. The van der Waals surface area contributed by atoms with Gasteiger partial charge in [0.2, 0.25) is 0 Å². The van der Waals surface area contributed by atoms with Crippen molar-refractivity contribution in [3.8, 4) is 0 Å². The lowest BCUT2D eigenvalue weighted by atomic mass is 10.1. The molecule has 0 aliphatic heterocycles. The van der Waals surface area contributed by atoms with E-state index in [0.29, 0.717) is 6.42 Å². The normalized spacial score (nSPS) is 14.9. The summed E-state index contributed by atoms with van der Waals surface area (Å²) in [6.45, 7) is 10.2. The fourth-order valence-electron chi connectivity index (χ4n) is 3.98. The van der Waals surface area contributed by atoms with E-state index in [9.17, 15) is 9.36 Å². The molecule has 0 N–H and O–H groups in total. The van der Waals surface area contributed by atoms with Crippen LogP contribution in [-0.4, -0.2) is 36.0 Å². The molecule has 0 saturated heterocycles. The predicted octanol–water partition coefficient (Wildman–Crippen LogP) is 10.5. The highest BCUT2D eigenvalue weighted by molar-refractivity contribution is 7.99. The van der Waals surface area contributed by atoms with Gasteiger partial charge in [-0.3, -0.25) is 4.89 Å². The minimum absolute atomic E-state index is 0.0980. The van der Waals surface area contributed by atoms with Crippen LogP contribution in [0.4, 0.5) is 4.79 Å². The van der Waals surface area contributed by atoms with Crippen LogP contribution in [0.15, 0.2) is 0 Å². The van der Waals surface area contributed by atoms with E-state index in [-0.39, 0.29) is 24.6 Å². The van der Waals surface area contributed by atoms with E-state index in [0.717, 1.165) is 18.6 Å². The Morgan fingerprint density at radius 2 is 1.25 bits per heavy atom. The van der Waals surface area contributed by atoms with Crippen LogP contribution in [0.3, 0.4) is 0 Å². The van der Waals surface area contributed by atoms with Gasteiger partial charge in [-0.05, 0) is 38.9 Å². The van der Waals surface area contributed by atoms with Gasteiger partial charge < -0.3 is 9.05 Å². The summed E-state index contributed by atoms with van der Waals surface area (Å²) in [6, 6.07) is 0. The van der Waals surface area contributed by atoms with Crippen molar-refractivity contribution in [1.82, 2.24) is 0 Å². The van der Waals surface area contributed by atoms with E-state index < -0.39 is 13.3 Å². The van der Waals surface area contributed by atoms with Crippen molar-refractivity contribution in [3.63, 3.8) is 0 Å². The zero-order valence-electron chi connectivity index (χ0n) is 24.1. The first-order valence-corrected chi connectivity index (χ1v) is 17.4. The van der Waals surface area contributed by atoms with Gasteiger partial charge in [-0.2, -0.15) is 16.6 Å². The number of rotatable bonds is 27. The molecule has 0 radical (unpaired) electrons. The third-order valence-electron chi connectivity index (χ3n) is 6.20. The van der Waals surface area contributed by atoms with Gasteiger partial charge in [0.05, 0.1) is 13.2 Å². The molecule has 0 aromatic carbocycles. The lowest BCUT2D eigenvalue weighted by molar-refractivity contribution is -0.262. The molecule has 216 valence electrons. The number of unbranched alkanes of at least 4 members (excludes halogenated alkanes) is 13. The molecular weight excluding hydrogens is 495 g/mol. The summed E-state index contributed by atoms with van der Waals surface area (Å²) in [5, 5.41) is 0.223. The zero-order chi connectivity index (χ0) is 26.9. The van der Waals surface area contributed by atoms with E-state index in [1.165, 1.54) is 89.9 Å². The van der Waals surface area contributed by atoms with Crippen LogP contribution in [0.25, 0.3) is 0 Å². The monoisotopic (exact) mass is 552 g/mol. The fourth-order valence-corrected chi connectivity index (χ4v) is 6.48. The Kier molecular flexibility index (Phi) is 25.2. The van der Waals surface area contributed by atoms with Gasteiger partial charge in [0, 0.05) is 5.25 Å². The molecule has 3 unspecified atom stereocenters. The minimum Gasteiger partial charge on any atom is -0.301 e. The van der Waals surface area contributed by atoms with Gasteiger partial charge in [0.15, 0.2) is 0 Å². The van der Waals surface area contributed by atoms with Gasteiger partial charge >= 0.3 is 13.3 Å². The average molecular weight is 553 g/mol. The van der Waals surface area contributed by atoms with Gasteiger partial charge in [-0.1, -0.05) is 111 Å². The molecule has 0 rings (SSSR count). The first kappa shape index (κ1) is 35.9. The molecule has 0 saturated carbocycles. The quantitative estimate of drug-likeness (QED) is 0.0434. The highest BCUT2D eigenvalue weighted by atomic mass is 32.2. The lowest BCUT2D eigenvalue weighted by Gasteiger charge is -2.23. The van der Waals surface area contributed by atoms with Crippen LogP contribution in [0.2, 0.25) is 0 Å². The Labute approximate surface area is 227 Å². The molecule has 3 atom stereocenters. The molecule has 0 heterocycles. The second-order valence-electron chi connectivity index (χ2n) is 9.69. The first-order valence-electron chi connectivity index (χ1n) is 14.8. The largest absolute Gasteiger partial charge is 0.452 e. The molecule has 0 spiro atoms. The third kappa shape index (κ3) is 19.1. The predicted molar refractivity (Wildman–Crippen MR) is 154 cm³/mol. The summed E-state index contributed by atoms with van der Waals surface area (Å²) in [4.78, 5) is 22.9. The van der Waals surface area contributed by atoms with Gasteiger partial charge in [-0.15, -0.1) is 0 Å². The number of carbonyl (C=O) groups is 1. The van der Waals surface area contributed by atoms with Gasteiger partial charge in [0.1, 0.15) is 6.10 Å². The lowest BCUT2D eigenvalue weighted by Crippen LogP contribution is -2.25. The van der Waals surface area contributed by atoms with Gasteiger partial charge in [0.25, 0.3) is 0 Å². The Bertz CT molecular complexity index is 548. The maximum atomic E-state index is 12.7. The van der Waals surface area contributed by atoms with E-state index in [2.05, 4.69) is 13.8 Å². The highest BCUT2D eigenvalue weighted by Gasteiger charge is 2.38. The van der Waals surface area contributed by atoms with Crippen molar-refractivity contribution in [2.45, 2.75) is 155 Å². The summed E-state index contributed by atoms with van der Waals surface area (Å²) in [6.07, 6.45) is 20.7. The van der Waals surface area contributed by atoms with Crippen LogP contribution in [0, 0.1) is 0 Å². The number of thioether (sulfide) groups is 1. The summed E-state index contributed by atoms with van der Waals surface area (Å²) >= 11 is 1.91. The number of carbonyl (C=O) groups excluding carboxylic acids is 1. The Balaban J connectivity index is 4.48. The Morgan fingerprint density at radius 1 is 0.722 bits per heavy atom. The van der Waals surface area contributed by atoms with Crippen LogP contribution < -0.4 is 0 Å². The van der Waals surface area contributed by atoms with Crippen LogP contribution in [0.1, 0.15) is 144 Å². The molecule has 36 heavy (non-hydrogen) atoms. The molecular formula is C28H57O6PS. The summed E-state index contributed by atoms with van der Waals surface area (Å²) in [5.41, 5.74) is -1.06. The second-order valence-corrected chi connectivity index (χ2v) is 12.9. The maximum Gasteiger partial charge on any atom is 0.452 e. The van der Waals surface area contributed by atoms with Crippen LogP contribution in [-0.2, 0) is 23.4 Å². The van der Waals surface area contributed by atoms with Crippen LogP contribution >= 0.6 is 19.4 Å². The van der Waals surface area contributed by atoms with Crippen molar-refractivity contribution >= 4 is 25.1 Å². The first-order chi connectivity index (χ1) is 17.4. The van der Waals surface area contributed by atoms with E-state index in [1.807, 2.05) is 25.6 Å². The molecule has 6 nitrogen and oxygen atoms in total. The third-order valence-corrected chi connectivity index (χ3v) is 9.42. The summed E-state index contributed by atoms with van der Waals surface area (Å²) in [7, 11) is -3.99. The minimum atomic E-state index is -3.99. The van der Waals surface area contributed by atoms with E-state index in [4.69, 9.17) is 18.8 Å². The van der Waals surface area contributed by atoms with Gasteiger partial charge in [-0.25, -0.2) is 9.36 Å². The van der Waals surface area contributed by atoms with Crippen LogP contribution in [0.5, 0.6) is 0 Å². The molecule has 0 bridgehead atoms. The smallest absolute Gasteiger partial charge is 0.301 e. The maximum absolute atomic E-state index is 12.7. The van der Waals surface area contributed by atoms with Crippen molar-refractivity contribution < 1.29 is 28.2 Å². The highest BCUT2D eigenvalue weighted by Crippen LogP contribution is 2.50. The molecule has 8 heteroatoms. The average Bonchev–Trinajstić information content (AvgIpc) is 2.87. The molecule has 0 fully saturated rings. The second kappa shape index (κ2) is 25.2. The SMILES string of the molecule is CCCCCCCCCCCCSC(CCCCCCC)C(C)OOC(=O)P(=O)(OCC)OCCC. The molecule has 0 aromatic rings. The van der Waals surface area contributed by atoms with Crippen molar-refractivity contribution in [1.29, 1.82) is 0 Å². The zero-order valence-corrected chi connectivity index (χ0v) is 25.8. The molecule has 0 aliphatic carbocycles. The number of hydrogen-bond acceptors (Lipinski definition) is 7.